The van der Waals surface area contributed by atoms with Crippen molar-refractivity contribution in [3.63, 3.8) is 0 Å². The first-order valence-electron chi connectivity index (χ1n) is 4.75. The van der Waals surface area contributed by atoms with Crippen LogP contribution in [-0.4, -0.2) is 14.7 Å². The smallest absolute Gasteiger partial charge is 0.228 e. The van der Waals surface area contributed by atoms with E-state index in [1.54, 1.807) is 0 Å². The van der Waals surface area contributed by atoms with Gasteiger partial charge < -0.3 is 11.1 Å². The summed E-state index contributed by atoms with van der Waals surface area (Å²) in [6.45, 7) is 0. The largest absolute Gasteiger partial charge is 0.381 e. The standard InChI is InChI=1S/C10H8N4OS/c11-10-9(13-16-14-10)5-1-2-7-6(3-5)4-8(15)12-7/h1-3H,4H2,(H2,11,14)(H,12,15). The van der Waals surface area contributed by atoms with Crippen molar-refractivity contribution in [3.05, 3.63) is 23.8 Å². The molecule has 0 aliphatic carbocycles. The van der Waals surface area contributed by atoms with E-state index in [-0.39, 0.29) is 5.91 Å². The first-order valence-corrected chi connectivity index (χ1v) is 5.48. The molecular weight excluding hydrogens is 224 g/mol. The van der Waals surface area contributed by atoms with E-state index in [1.165, 1.54) is 0 Å². The highest BCUT2D eigenvalue weighted by molar-refractivity contribution is 6.99. The van der Waals surface area contributed by atoms with Gasteiger partial charge in [-0.15, -0.1) is 0 Å². The van der Waals surface area contributed by atoms with Crippen LogP contribution in [0.3, 0.4) is 0 Å². The summed E-state index contributed by atoms with van der Waals surface area (Å²) in [5.74, 6) is 0.457. The number of amides is 1. The van der Waals surface area contributed by atoms with Crippen molar-refractivity contribution in [2.75, 3.05) is 11.1 Å². The maximum atomic E-state index is 11.2. The lowest BCUT2D eigenvalue weighted by molar-refractivity contribution is -0.115. The molecule has 0 bridgehead atoms. The number of anilines is 2. The lowest BCUT2D eigenvalue weighted by Crippen LogP contribution is -2.03. The van der Waals surface area contributed by atoms with Crippen LogP contribution in [0.15, 0.2) is 18.2 Å². The maximum absolute atomic E-state index is 11.2. The lowest BCUT2D eigenvalue weighted by Gasteiger charge is -2.01. The zero-order chi connectivity index (χ0) is 11.1. The monoisotopic (exact) mass is 232 g/mol. The second kappa shape index (κ2) is 3.28. The molecule has 1 aromatic carbocycles. The average Bonchev–Trinajstić information content (AvgIpc) is 2.81. The fourth-order valence-corrected chi connectivity index (χ4v) is 2.27. The topological polar surface area (TPSA) is 80.9 Å². The predicted molar refractivity (Wildman–Crippen MR) is 62.1 cm³/mol. The van der Waals surface area contributed by atoms with Crippen molar-refractivity contribution in [1.29, 1.82) is 0 Å². The number of carbonyl (C=O) groups excluding carboxylic acids is 1. The Labute approximate surface area is 95.6 Å². The van der Waals surface area contributed by atoms with Gasteiger partial charge in [-0.3, -0.25) is 4.79 Å². The normalized spacial score (nSPS) is 13.6. The van der Waals surface area contributed by atoms with Crippen LogP contribution in [0.25, 0.3) is 11.3 Å². The fourth-order valence-electron chi connectivity index (χ4n) is 1.77. The first kappa shape index (κ1) is 9.29. The van der Waals surface area contributed by atoms with Crippen LogP contribution >= 0.6 is 11.7 Å². The van der Waals surface area contributed by atoms with Gasteiger partial charge in [-0.1, -0.05) is 6.07 Å². The van der Waals surface area contributed by atoms with Gasteiger partial charge >= 0.3 is 0 Å². The summed E-state index contributed by atoms with van der Waals surface area (Å²) in [5.41, 5.74) is 9.14. The number of fused-ring (bicyclic) bond motifs is 1. The molecule has 0 radical (unpaired) electrons. The first-order chi connectivity index (χ1) is 7.74. The van der Waals surface area contributed by atoms with Gasteiger partial charge in [0.05, 0.1) is 18.1 Å². The number of nitrogens with two attached hydrogens (primary N) is 1. The van der Waals surface area contributed by atoms with Crippen molar-refractivity contribution in [1.82, 2.24) is 8.75 Å². The van der Waals surface area contributed by atoms with E-state index >= 15 is 0 Å². The third-order valence-electron chi connectivity index (χ3n) is 2.52. The Kier molecular flexibility index (Phi) is 1.90. The molecule has 2 heterocycles. The number of nitrogens with one attached hydrogen (secondary N) is 1. The average molecular weight is 232 g/mol. The summed E-state index contributed by atoms with van der Waals surface area (Å²) in [7, 11) is 0. The Morgan fingerprint density at radius 3 is 3.00 bits per heavy atom. The Morgan fingerprint density at radius 1 is 1.38 bits per heavy atom. The number of nitrogen functional groups attached to an aromatic ring is 1. The molecule has 0 saturated carbocycles. The van der Waals surface area contributed by atoms with E-state index in [0.717, 1.165) is 28.5 Å². The van der Waals surface area contributed by atoms with Crippen LogP contribution in [0, 0.1) is 0 Å². The number of aromatic nitrogens is 2. The Morgan fingerprint density at radius 2 is 2.25 bits per heavy atom. The van der Waals surface area contributed by atoms with Gasteiger partial charge in [-0.2, -0.15) is 8.75 Å². The fraction of sp³-hybridized carbons (Fsp3) is 0.100. The summed E-state index contributed by atoms with van der Waals surface area (Å²) in [6.07, 6.45) is 0.417. The molecule has 0 unspecified atom stereocenters. The van der Waals surface area contributed by atoms with E-state index < -0.39 is 0 Å². The molecule has 1 amide bonds. The molecule has 1 aliphatic heterocycles. The highest BCUT2D eigenvalue weighted by atomic mass is 32.1. The van der Waals surface area contributed by atoms with E-state index in [1.807, 2.05) is 18.2 Å². The lowest BCUT2D eigenvalue weighted by atomic mass is 10.1. The number of carbonyl (C=O) groups is 1. The minimum Gasteiger partial charge on any atom is -0.381 e. The van der Waals surface area contributed by atoms with E-state index in [2.05, 4.69) is 14.1 Å². The van der Waals surface area contributed by atoms with Crippen molar-refractivity contribution in [2.45, 2.75) is 6.42 Å². The molecule has 3 N–H and O–H groups in total. The molecule has 6 heteroatoms. The molecule has 2 aromatic rings. The van der Waals surface area contributed by atoms with Gasteiger partial charge in [0.2, 0.25) is 5.91 Å². The zero-order valence-corrected chi connectivity index (χ0v) is 9.04. The van der Waals surface area contributed by atoms with Gasteiger partial charge in [0.25, 0.3) is 0 Å². The molecule has 0 atom stereocenters. The Balaban J connectivity index is 2.09. The van der Waals surface area contributed by atoms with E-state index in [0.29, 0.717) is 17.9 Å². The van der Waals surface area contributed by atoms with Crippen molar-refractivity contribution < 1.29 is 4.79 Å². The van der Waals surface area contributed by atoms with Gasteiger partial charge in [-0.25, -0.2) is 0 Å². The second-order valence-corrected chi connectivity index (χ2v) is 4.12. The third kappa shape index (κ3) is 1.35. The molecule has 16 heavy (non-hydrogen) atoms. The second-order valence-electron chi connectivity index (χ2n) is 3.59. The predicted octanol–water partition coefficient (Wildman–Crippen LogP) is 1.28. The zero-order valence-electron chi connectivity index (χ0n) is 8.23. The Hall–Kier alpha value is -1.95. The number of hydrogen-bond acceptors (Lipinski definition) is 5. The van der Waals surface area contributed by atoms with Gasteiger partial charge in [0.15, 0.2) is 5.82 Å². The number of nitrogens with zero attached hydrogens (tertiary/aromatic N) is 2. The van der Waals surface area contributed by atoms with Crippen LogP contribution in [0.5, 0.6) is 0 Å². The number of benzene rings is 1. The molecule has 1 aliphatic rings. The third-order valence-corrected chi connectivity index (χ3v) is 3.06. The molecular formula is C10H8N4OS. The molecule has 5 nitrogen and oxygen atoms in total. The van der Waals surface area contributed by atoms with Gasteiger partial charge in [0, 0.05) is 11.3 Å². The number of hydrogen-bond donors (Lipinski definition) is 2. The van der Waals surface area contributed by atoms with Crippen molar-refractivity contribution >= 4 is 29.1 Å². The van der Waals surface area contributed by atoms with E-state index in [9.17, 15) is 4.79 Å². The summed E-state index contributed by atoms with van der Waals surface area (Å²) in [6, 6.07) is 5.69. The summed E-state index contributed by atoms with van der Waals surface area (Å²) >= 11 is 1.09. The minimum atomic E-state index is 0.0246. The molecule has 0 spiro atoms. The van der Waals surface area contributed by atoms with Crippen LogP contribution in [-0.2, 0) is 11.2 Å². The molecule has 1 aromatic heterocycles. The Bertz CT molecular complexity index is 578. The maximum Gasteiger partial charge on any atom is 0.228 e. The summed E-state index contributed by atoms with van der Waals surface area (Å²) in [5, 5.41) is 2.78. The summed E-state index contributed by atoms with van der Waals surface area (Å²) < 4.78 is 8.06. The highest BCUT2D eigenvalue weighted by Crippen LogP contribution is 2.30. The van der Waals surface area contributed by atoms with Crippen molar-refractivity contribution in [3.8, 4) is 11.3 Å². The van der Waals surface area contributed by atoms with E-state index in [4.69, 9.17) is 5.73 Å². The van der Waals surface area contributed by atoms with Crippen LogP contribution < -0.4 is 11.1 Å². The number of rotatable bonds is 1. The van der Waals surface area contributed by atoms with Crippen LogP contribution in [0.2, 0.25) is 0 Å². The highest BCUT2D eigenvalue weighted by Gasteiger charge is 2.18. The van der Waals surface area contributed by atoms with Gasteiger partial charge in [0.1, 0.15) is 5.69 Å². The molecule has 0 saturated heterocycles. The molecule has 0 fully saturated rings. The van der Waals surface area contributed by atoms with Crippen LogP contribution in [0.4, 0.5) is 11.5 Å². The van der Waals surface area contributed by atoms with Crippen LogP contribution in [0.1, 0.15) is 5.56 Å². The molecule has 80 valence electrons. The van der Waals surface area contributed by atoms with Gasteiger partial charge in [-0.05, 0) is 17.7 Å². The SMILES string of the molecule is Nc1nsnc1-c1ccc2c(c1)CC(=O)N2. The minimum absolute atomic E-state index is 0.0246. The molecule has 3 rings (SSSR count). The summed E-state index contributed by atoms with van der Waals surface area (Å²) in [4.78, 5) is 11.2. The quantitative estimate of drug-likeness (QED) is 0.776. The van der Waals surface area contributed by atoms with Crippen molar-refractivity contribution in [2.24, 2.45) is 0 Å².